The number of fused-ring (bicyclic) bond motifs is 5. The average Bonchev–Trinajstić information content (AvgIpc) is 3.36. The summed E-state index contributed by atoms with van der Waals surface area (Å²) in [6, 6.07) is 44.5. The standard InChI is InChI=1S/C38H30BN3/c1-27-9-15-33(16-10-27)41(34-17-11-28(2)12-18-34)35-19-13-29-24-32-26-36(20-14-30(32)23-31(29)25-35)42-38-8-4-3-7-37(38)40-22-6-5-21-39(40)42/h3-26H,1-2H3. The van der Waals surface area contributed by atoms with Crippen molar-refractivity contribution in [3.05, 3.63) is 157 Å². The van der Waals surface area contributed by atoms with E-state index in [1.807, 2.05) is 0 Å². The zero-order valence-corrected chi connectivity index (χ0v) is 23.8. The SMILES string of the molecule is Cc1ccc(N(c2ccc(C)cc2)c2ccc3cc4cc(N5B6C=CC=CN6c6ccccc65)ccc4cc3c2)cc1. The molecule has 2 aliphatic rings. The molecular formula is C38H30BN3. The molecule has 0 amide bonds. The van der Waals surface area contributed by atoms with Crippen LogP contribution in [0, 0.1) is 13.8 Å². The van der Waals surface area contributed by atoms with Gasteiger partial charge in [0.2, 0.25) is 0 Å². The quantitative estimate of drug-likeness (QED) is 0.163. The molecule has 4 heteroatoms. The number of allylic oxidation sites excluding steroid dienone is 2. The zero-order chi connectivity index (χ0) is 28.2. The Morgan fingerprint density at radius 1 is 0.524 bits per heavy atom. The molecule has 0 saturated carbocycles. The fourth-order valence-electron chi connectivity index (χ4n) is 6.34. The van der Waals surface area contributed by atoms with Crippen LogP contribution in [0.5, 0.6) is 0 Å². The second-order valence-electron chi connectivity index (χ2n) is 11.3. The van der Waals surface area contributed by atoms with Crippen LogP contribution in [-0.4, -0.2) is 6.98 Å². The Hall–Kier alpha value is -5.22. The number of rotatable bonds is 4. The van der Waals surface area contributed by atoms with Crippen LogP contribution in [0.4, 0.5) is 34.1 Å². The molecule has 0 fully saturated rings. The second-order valence-corrected chi connectivity index (χ2v) is 11.3. The number of para-hydroxylation sites is 2. The highest BCUT2D eigenvalue weighted by molar-refractivity contribution is 6.76. The van der Waals surface area contributed by atoms with Gasteiger partial charge in [0.1, 0.15) is 0 Å². The molecule has 3 nitrogen and oxygen atoms in total. The molecule has 0 N–H and O–H groups in total. The van der Waals surface area contributed by atoms with Gasteiger partial charge in [-0.1, -0.05) is 71.7 Å². The zero-order valence-electron chi connectivity index (χ0n) is 23.8. The molecule has 42 heavy (non-hydrogen) atoms. The number of hydrogen-bond donors (Lipinski definition) is 0. The lowest BCUT2D eigenvalue weighted by molar-refractivity contribution is 1.27. The fourth-order valence-corrected chi connectivity index (χ4v) is 6.34. The van der Waals surface area contributed by atoms with Gasteiger partial charge >= 0.3 is 6.98 Å². The largest absolute Gasteiger partial charge is 0.412 e. The maximum absolute atomic E-state index is 2.43. The first-order valence-corrected chi connectivity index (χ1v) is 14.6. The number of benzene rings is 6. The first-order chi connectivity index (χ1) is 20.6. The summed E-state index contributed by atoms with van der Waals surface area (Å²) in [6.07, 6.45) is 6.42. The third-order valence-electron chi connectivity index (χ3n) is 8.49. The van der Waals surface area contributed by atoms with E-state index >= 15 is 0 Å². The smallest absolute Gasteiger partial charge is 0.367 e. The predicted octanol–water partition coefficient (Wildman–Crippen LogP) is 10.1. The molecular weight excluding hydrogens is 509 g/mol. The summed E-state index contributed by atoms with van der Waals surface area (Å²) < 4.78 is 0. The molecule has 200 valence electrons. The summed E-state index contributed by atoms with van der Waals surface area (Å²) in [5, 5.41) is 4.95. The van der Waals surface area contributed by atoms with Crippen LogP contribution in [-0.2, 0) is 0 Å². The van der Waals surface area contributed by atoms with E-state index in [1.54, 1.807) is 0 Å². The van der Waals surface area contributed by atoms with Crippen molar-refractivity contribution in [3.8, 4) is 0 Å². The number of anilines is 6. The average molecular weight is 539 g/mol. The van der Waals surface area contributed by atoms with E-state index < -0.39 is 0 Å². The van der Waals surface area contributed by atoms with Crippen LogP contribution in [0.1, 0.15) is 11.1 Å². The second kappa shape index (κ2) is 9.71. The van der Waals surface area contributed by atoms with E-state index in [1.165, 1.54) is 49.7 Å². The lowest BCUT2D eigenvalue weighted by Crippen LogP contribution is -2.42. The van der Waals surface area contributed by atoms with Crippen LogP contribution in [0.15, 0.2) is 146 Å². The summed E-state index contributed by atoms with van der Waals surface area (Å²) in [7, 11) is 0. The van der Waals surface area contributed by atoms with E-state index in [9.17, 15) is 0 Å². The normalized spacial score (nSPS) is 13.6. The van der Waals surface area contributed by atoms with Gasteiger partial charge in [0.15, 0.2) is 0 Å². The van der Waals surface area contributed by atoms with Gasteiger partial charge in [-0.15, -0.1) is 0 Å². The number of hydrogen-bond acceptors (Lipinski definition) is 3. The lowest BCUT2D eigenvalue weighted by Gasteiger charge is -2.27. The van der Waals surface area contributed by atoms with Crippen molar-refractivity contribution in [2.24, 2.45) is 0 Å². The summed E-state index contributed by atoms with van der Waals surface area (Å²) in [5.74, 6) is 2.26. The van der Waals surface area contributed by atoms with E-state index in [2.05, 4.69) is 174 Å². The van der Waals surface area contributed by atoms with Crippen molar-refractivity contribution in [3.63, 3.8) is 0 Å². The van der Waals surface area contributed by atoms with Crippen LogP contribution in [0.25, 0.3) is 21.5 Å². The molecule has 0 radical (unpaired) electrons. The van der Waals surface area contributed by atoms with Gasteiger partial charge in [-0.3, -0.25) is 0 Å². The lowest BCUT2D eigenvalue weighted by atomic mass is 9.71. The van der Waals surface area contributed by atoms with Crippen LogP contribution in [0.3, 0.4) is 0 Å². The van der Waals surface area contributed by atoms with Crippen LogP contribution >= 0.6 is 0 Å². The summed E-state index contributed by atoms with van der Waals surface area (Å²) >= 11 is 0. The summed E-state index contributed by atoms with van der Waals surface area (Å²) in [6.45, 7) is 4.41. The topological polar surface area (TPSA) is 9.72 Å². The Labute approximate surface area is 247 Å². The maximum atomic E-state index is 2.43. The molecule has 0 aliphatic carbocycles. The van der Waals surface area contributed by atoms with Crippen molar-refractivity contribution in [1.82, 2.24) is 0 Å². The molecule has 8 rings (SSSR count). The van der Waals surface area contributed by atoms with E-state index in [-0.39, 0.29) is 6.98 Å². The number of nitrogens with zero attached hydrogens (tertiary/aromatic N) is 3. The van der Waals surface area contributed by atoms with Gasteiger partial charge in [-0.05, 0) is 120 Å². The third kappa shape index (κ3) is 4.07. The van der Waals surface area contributed by atoms with Crippen LogP contribution < -0.4 is 14.5 Å². The molecule has 0 saturated heterocycles. The van der Waals surface area contributed by atoms with Crippen molar-refractivity contribution in [1.29, 1.82) is 0 Å². The highest BCUT2D eigenvalue weighted by Gasteiger charge is 2.39. The molecule has 6 aromatic rings. The molecule has 2 aliphatic heterocycles. The monoisotopic (exact) mass is 539 g/mol. The van der Waals surface area contributed by atoms with E-state index in [0.29, 0.717) is 0 Å². The van der Waals surface area contributed by atoms with Gasteiger partial charge in [-0.25, -0.2) is 0 Å². The van der Waals surface area contributed by atoms with Gasteiger partial charge in [0.05, 0.1) is 11.4 Å². The Morgan fingerprint density at radius 3 is 1.81 bits per heavy atom. The Balaban J connectivity index is 1.21. The molecule has 0 bridgehead atoms. The van der Waals surface area contributed by atoms with Gasteiger partial charge in [-0.2, -0.15) is 0 Å². The van der Waals surface area contributed by atoms with Gasteiger partial charge in [0, 0.05) is 22.7 Å². The van der Waals surface area contributed by atoms with Gasteiger partial charge < -0.3 is 14.5 Å². The molecule has 0 aromatic heterocycles. The molecule has 6 aromatic carbocycles. The summed E-state index contributed by atoms with van der Waals surface area (Å²) in [4.78, 5) is 7.12. The number of aryl methyl sites for hydroxylation is 2. The minimum absolute atomic E-state index is 0.141. The van der Waals surface area contributed by atoms with Crippen LogP contribution in [0.2, 0.25) is 0 Å². The molecule has 0 spiro atoms. The Bertz CT molecular complexity index is 1980. The highest BCUT2D eigenvalue weighted by atomic mass is 15.3. The van der Waals surface area contributed by atoms with Crippen molar-refractivity contribution in [2.45, 2.75) is 13.8 Å². The van der Waals surface area contributed by atoms with Crippen molar-refractivity contribution >= 4 is 62.7 Å². The molecule has 0 atom stereocenters. The van der Waals surface area contributed by atoms with E-state index in [4.69, 9.17) is 0 Å². The molecule has 2 heterocycles. The van der Waals surface area contributed by atoms with Crippen molar-refractivity contribution < 1.29 is 0 Å². The third-order valence-corrected chi connectivity index (χ3v) is 8.49. The fraction of sp³-hybridized carbons (Fsp3) is 0.0526. The minimum atomic E-state index is 0.141. The first kappa shape index (κ1) is 24.6. The highest BCUT2D eigenvalue weighted by Crippen LogP contribution is 2.44. The summed E-state index contributed by atoms with van der Waals surface area (Å²) in [5.41, 5.74) is 9.64. The first-order valence-electron chi connectivity index (χ1n) is 14.6. The van der Waals surface area contributed by atoms with E-state index in [0.717, 1.165) is 17.1 Å². The Morgan fingerprint density at radius 2 is 1.12 bits per heavy atom. The minimum Gasteiger partial charge on any atom is -0.367 e. The maximum Gasteiger partial charge on any atom is 0.412 e. The Kier molecular flexibility index (Phi) is 5.68. The van der Waals surface area contributed by atoms with Gasteiger partial charge in [0.25, 0.3) is 0 Å². The predicted molar refractivity (Wildman–Crippen MR) is 181 cm³/mol. The molecule has 0 unspecified atom stereocenters. The van der Waals surface area contributed by atoms with Crippen molar-refractivity contribution in [2.75, 3.05) is 14.5 Å².